The quantitative estimate of drug-likeness (QED) is 0.914. The summed E-state index contributed by atoms with van der Waals surface area (Å²) >= 11 is 3.46. The smallest absolute Gasteiger partial charge is 0.208 e. The van der Waals surface area contributed by atoms with Crippen LogP contribution in [0.25, 0.3) is 0 Å². The van der Waals surface area contributed by atoms with Gasteiger partial charge in [-0.25, -0.2) is 0 Å². The number of hydrogen-bond acceptors (Lipinski definition) is 6. The zero-order chi connectivity index (χ0) is 12.4. The van der Waals surface area contributed by atoms with Crippen molar-refractivity contribution in [3.63, 3.8) is 0 Å². The van der Waals surface area contributed by atoms with Crippen molar-refractivity contribution in [2.75, 3.05) is 19.0 Å². The van der Waals surface area contributed by atoms with E-state index in [1.807, 2.05) is 30.8 Å². The van der Waals surface area contributed by atoms with Gasteiger partial charge in [0, 0.05) is 25.4 Å². The van der Waals surface area contributed by atoms with Gasteiger partial charge in [-0.3, -0.25) is 0 Å². The molecule has 1 aromatic rings. The molecule has 0 aromatic carbocycles. The minimum absolute atomic E-state index is 0.308. The number of hydrogen-bond donors (Lipinski definition) is 1. The van der Waals surface area contributed by atoms with E-state index in [1.165, 1.54) is 12.8 Å². The van der Waals surface area contributed by atoms with E-state index in [-0.39, 0.29) is 0 Å². The molecule has 0 radical (unpaired) electrons. The topological polar surface area (TPSA) is 55.0 Å². The molecule has 4 nitrogen and oxygen atoms in total. The molecule has 17 heavy (non-hydrogen) atoms. The molecular formula is C11H20N4S2. The van der Waals surface area contributed by atoms with E-state index in [2.05, 4.69) is 17.1 Å². The third-order valence-electron chi connectivity index (χ3n) is 3.14. The van der Waals surface area contributed by atoms with Gasteiger partial charge in [-0.2, -0.15) is 0 Å². The molecule has 0 spiro atoms. The Kier molecular flexibility index (Phi) is 4.27. The summed E-state index contributed by atoms with van der Waals surface area (Å²) in [7, 11) is 3.98. The van der Waals surface area contributed by atoms with E-state index in [1.54, 1.807) is 11.3 Å². The molecule has 0 aliphatic heterocycles. The highest BCUT2D eigenvalue weighted by molar-refractivity contribution is 8.01. The molecule has 2 N–H and O–H groups in total. The molecule has 96 valence electrons. The van der Waals surface area contributed by atoms with Gasteiger partial charge < -0.3 is 10.6 Å². The van der Waals surface area contributed by atoms with Gasteiger partial charge in [-0.05, 0) is 25.2 Å². The Labute approximate surface area is 111 Å². The van der Waals surface area contributed by atoms with Crippen LogP contribution < -0.4 is 10.6 Å². The maximum atomic E-state index is 6.18. The molecule has 0 amide bonds. The van der Waals surface area contributed by atoms with Gasteiger partial charge in [-0.1, -0.05) is 30.0 Å². The Hall–Kier alpha value is -0.330. The van der Waals surface area contributed by atoms with Crippen LogP contribution in [-0.4, -0.2) is 35.6 Å². The number of aromatic nitrogens is 2. The van der Waals surface area contributed by atoms with Gasteiger partial charge in [-0.15, -0.1) is 10.2 Å². The molecule has 2 rings (SSSR count). The van der Waals surface area contributed by atoms with Crippen LogP contribution in [0.3, 0.4) is 0 Å². The van der Waals surface area contributed by atoms with E-state index in [0.29, 0.717) is 11.3 Å². The second-order valence-corrected chi connectivity index (χ2v) is 7.43. The van der Waals surface area contributed by atoms with E-state index in [9.17, 15) is 0 Å². The zero-order valence-corrected chi connectivity index (χ0v) is 12.2. The molecule has 1 aromatic heterocycles. The van der Waals surface area contributed by atoms with Gasteiger partial charge in [0.2, 0.25) is 5.13 Å². The lowest BCUT2D eigenvalue weighted by molar-refractivity contribution is 0.357. The van der Waals surface area contributed by atoms with Crippen LogP contribution in [0.5, 0.6) is 0 Å². The fourth-order valence-corrected chi connectivity index (χ4v) is 4.42. The highest BCUT2D eigenvalue weighted by atomic mass is 32.2. The summed E-state index contributed by atoms with van der Waals surface area (Å²) in [4.78, 5) is 1.99. The largest absolute Gasteiger partial charge is 0.353 e. The van der Waals surface area contributed by atoms with Crippen molar-refractivity contribution in [1.29, 1.82) is 0 Å². The normalized spacial score (nSPS) is 29.3. The van der Waals surface area contributed by atoms with Crippen LogP contribution in [0.15, 0.2) is 4.34 Å². The predicted molar refractivity (Wildman–Crippen MR) is 74.9 cm³/mol. The van der Waals surface area contributed by atoms with E-state index in [4.69, 9.17) is 5.73 Å². The van der Waals surface area contributed by atoms with Gasteiger partial charge in [0.1, 0.15) is 0 Å². The fraction of sp³-hybridized carbons (Fsp3) is 0.818. The van der Waals surface area contributed by atoms with Crippen molar-refractivity contribution in [3.05, 3.63) is 0 Å². The standard InChI is InChI=1S/C11H20N4S2/c1-7-4-5-8(12)9(6-7)16-11-14-13-10(17-11)15(2)3/h7-9H,4-6,12H2,1-3H3. The molecule has 1 fully saturated rings. The highest BCUT2D eigenvalue weighted by Crippen LogP contribution is 2.37. The first-order valence-corrected chi connectivity index (χ1v) is 7.69. The second-order valence-electron chi connectivity index (χ2n) is 4.98. The summed E-state index contributed by atoms with van der Waals surface area (Å²) in [6, 6.07) is 0.308. The molecule has 1 aliphatic rings. The number of nitrogens with two attached hydrogens (primary N) is 1. The number of rotatable bonds is 3. The maximum absolute atomic E-state index is 6.18. The number of thioether (sulfide) groups is 1. The first-order chi connectivity index (χ1) is 8.06. The van der Waals surface area contributed by atoms with Crippen LogP contribution in [-0.2, 0) is 0 Å². The molecule has 6 heteroatoms. The summed E-state index contributed by atoms with van der Waals surface area (Å²) in [5.74, 6) is 0.786. The van der Waals surface area contributed by atoms with Crippen LogP contribution in [0.2, 0.25) is 0 Å². The molecule has 1 heterocycles. The highest BCUT2D eigenvalue weighted by Gasteiger charge is 2.27. The Morgan fingerprint density at radius 3 is 2.76 bits per heavy atom. The number of nitrogens with zero attached hydrogens (tertiary/aromatic N) is 3. The third-order valence-corrected chi connectivity index (χ3v) is 5.69. The predicted octanol–water partition coefficient (Wildman–Crippen LogP) is 2.21. The summed E-state index contributed by atoms with van der Waals surface area (Å²) in [6.45, 7) is 2.31. The Bertz CT molecular complexity index is 366. The van der Waals surface area contributed by atoms with E-state index < -0.39 is 0 Å². The van der Waals surface area contributed by atoms with Crippen LogP contribution in [0.4, 0.5) is 5.13 Å². The first kappa shape index (κ1) is 13.1. The van der Waals surface area contributed by atoms with Gasteiger partial charge in [0.25, 0.3) is 0 Å². The molecule has 3 atom stereocenters. The monoisotopic (exact) mass is 272 g/mol. The van der Waals surface area contributed by atoms with Crippen molar-refractivity contribution in [2.45, 2.75) is 41.8 Å². The third kappa shape index (κ3) is 3.33. The van der Waals surface area contributed by atoms with Crippen molar-refractivity contribution < 1.29 is 0 Å². The summed E-state index contributed by atoms with van der Waals surface area (Å²) in [5, 5.41) is 9.85. The number of anilines is 1. The Morgan fingerprint density at radius 2 is 2.12 bits per heavy atom. The van der Waals surface area contributed by atoms with Crippen LogP contribution in [0, 0.1) is 5.92 Å². The van der Waals surface area contributed by atoms with Crippen LogP contribution in [0.1, 0.15) is 26.2 Å². The van der Waals surface area contributed by atoms with Gasteiger partial charge in [0.15, 0.2) is 4.34 Å². The minimum atomic E-state index is 0.308. The van der Waals surface area contributed by atoms with E-state index >= 15 is 0 Å². The van der Waals surface area contributed by atoms with Gasteiger partial charge >= 0.3 is 0 Å². The SMILES string of the molecule is CC1CCC(N)C(Sc2nnc(N(C)C)s2)C1. The summed E-state index contributed by atoms with van der Waals surface area (Å²) in [5.41, 5.74) is 6.18. The van der Waals surface area contributed by atoms with Crippen LogP contribution >= 0.6 is 23.1 Å². The summed E-state index contributed by atoms with van der Waals surface area (Å²) in [6.07, 6.45) is 3.60. The first-order valence-electron chi connectivity index (χ1n) is 5.99. The molecule has 0 bridgehead atoms. The second kappa shape index (κ2) is 5.54. The summed E-state index contributed by atoms with van der Waals surface area (Å²) < 4.78 is 1.04. The zero-order valence-electron chi connectivity index (χ0n) is 10.6. The fourth-order valence-electron chi connectivity index (χ4n) is 2.05. The molecule has 0 saturated heterocycles. The van der Waals surface area contributed by atoms with Gasteiger partial charge in [0.05, 0.1) is 0 Å². The van der Waals surface area contributed by atoms with E-state index in [0.717, 1.165) is 21.8 Å². The lowest BCUT2D eigenvalue weighted by Gasteiger charge is -2.31. The molecule has 1 aliphatic carbocycles. The minimum Gasteiger partial charge on any atom is -0.353 e. The average Bonchev–Trinajstić information content (AvgIpc) is 2.72. The maximum Gasteiger partial charge on any atom is 0.208 e. The van der Waals surface area contributed by atoms with Crippen molar-refractivity contribution in [3.8, 4) is 0 Å². The lowest BCUT2D eigenvalue weighted by Crippen LogP contribution is -2.37. The average molecular weight is 272 g/mol. The molecular weight excluding hydrogens is 252 g/mol. The lowest BCUT2D eigenvalue weighted by atomic mass is 9.87. The molecule has 3 unspecified atom stereocenters. The van der Waals surface area contributed by atoms with Crippen molar-refractivity contribution in [1.82, 2.24) is 10.2 Å². The van der Waals surface area contributed by atoms with Crippen molar-refractivity contribution >= 4 is 28.2 Å². The Balaban J connectivity index is 1.98. The molecule has 1 saturated carbocycles. The van der Waals surface area contributed by atoms with Crippen molar-refractivity contribution in [2.24, 2.45) is 11.7 Å². The Morgan fingerprint density at radius 1 is 1.35 bits per heavy atom.